The van der Waals surface area contributed by atoms with Crippen LogP contribution in [-0.4, -0.2) is 33.5 Å². The van der Waals surface area contributed by atoms with E-state index in [1.54, 1.807) is 6.08 Å². The van der Waals surface area contributed by atoms with Crippen molar-refractivity contribution in [2.75, 3.05) is 0 Å². The molecule has 0 aliphatic carbocycles. The molecule has 1 saturated heterocycles. The van der Waals surface area contributed by atoms with E-state index in [9.17, 15) is 10.0 Å². The summed E-state index contributed by atoms with van der Waals surface area (Å²) in [6, 6.07) is -0.0269. The molecule has 1 aliphatic rings. The highest BCUT2D eigenvalue weighted by molar-refractivity contribution is 5.33. The molecule has 1 fully saturated rings. The molecular weight excluding hydrogens is 180 g/mol. The number of rotatable bonds is 1. The van der Waals surface area contributed by atoms with Gasteiger partial charge in [-0.1, -0.05) is 0 Å². The first-order valence-corrected chi connectivity index (χ1v) is 4.86. The highest BCUT2D eigenvalue weighted by atomic mass is 16.5. The average molecular weight is 198 g/mol. The van der Waals surface area contributed by atoms with Gasteiger partial charge in [0, 0.05) is 11.1 Å². The van der Waals surface area contributed by atoms with Crippen molar-refractivity contribution in [2.24, 2.45) is 4.99 Å². The lowest BCUT2D eigenvalue weighted by Gasteiger charge is -2.50. The standard InChI is InChI=1S/C10H18N2O2/c1-9(2)5-8(11-7-13)6-10(3,4)12(9)14/h8,14H,5-6H2,1-4H3. The van der Waals surface area contributed by atoms with E-state index >= 15 is 0 Å². The maximum absolute atomic E-state index is 10.2. The van der Waals surface area contributed by atoms with Gasteiger partial charge in [-0.05, 0) is 40.5 Å². The van der Waals surface area contributed by atoms with Gasteiger partial charge in [-0.25, -0.2) is 9.79 Å². The topological polar surface area (TPSA) is 52.9 Å². The number of hydrogen-bond donors (Lipinski definition) is 1. The molecule has 1 rings (SSSR count). The lowest BCUT2D eigenvalue weighted by atomic mass is 9.79. The van der Waals surface area contributed by atoms with E-state index in [1.807, 2.05) is 27.7 Å². The Labute approximate surface area is 84.6 Å². The van der Waals surface area contributed by atoms with E-state index < -0.39 is 0 Å². The predicted molar refractivity (Wildman–Crippen MR) is 52.9 cm³/mol. The smallest absolute Gasteiger partial charge is 0.235 e. The minimum Gasteiger partial charge on any atom is -0.313 e. The summed E-state index contributed by atoms with van der Waals surface area (Å²) >= 11 is 0. The zero-order chi connectivity index (χ0) is 11.0. The third kappa shape index (κ3) is 2.03. The van der Waals surface area contributed by atoms with Gasteiger partial charge in [0.05, 0.1) is 6.04 Å². The molecular formula is C10H18N2O2. The largest absolute Gasteiger partial charge is 0.313 e. The fourth-order valence-corrected chi connectivity index (χ4v) is 2.38. The second kappa shape index (κ2) is 3.46. The van der Waals surface area contributed by atoms with Gasteiger partial charge in [0.25, 0.3) is 0 Å². The molecule has 0 aromatic rings. The van der Waals surface area contributed by atoms with Crippen LogP contribution in [0.1, 0.15) is 40.5 Å². The molecule has 1 aliphatic heterocycles. The second-order valence-corrected chi connectivity index (χ2v) is 5.22. The summed E-state index contributed by atoms with van der Waals surface area (Å²) in [4.78, 5) is 14.0. The van der Waals surface area contributed by atoms with E-state index in [0.29, 0.717) is 12.8 Å². The number of carbonyl (C=O) groups excluding carboxylic acids is 1. The van der Waals surface area contributed by atoms with E-state index in [0.717, 1.165) is 0 Å². The molecule has 0 radical (unpaired) electrons. The van der Waals surface area contributed by atoms with Crippen molar-refractivity contribution >= 4 is 6.08 Å². The predicted octanol–water partition coefficient (Wildman–Crippen LogP) is 1.73. The van der Waals surface area contributed by atoms with Gasteiger partial charge >= 0.3 is 0 Å². The van der Waals surface area contributed by atoms with Gasteiger partial charge in [-0.3, -0.25) is 0 Å². The van der Waals surface area contributed by atoms with Crippen LogP contribution in [-0.2, 0) is 4.79 Å². The Morgan fingerprint density at radius 2 is 1.71 bits per heavy atom. The van der Waals surface area contributed by atoms with Crippen LogP contribution >= 0.6 is 0 Å². The molecule has 0 amide bonds. The SMILES string of the molecule is CC1(C)CC(N=C=O)CC(C)(C)N1O. The van der Waals surface area contributed by atoms with E-state index in [-0.39, 0.29) is 17.1 Å². The van der Waals surface area contributed by atoms with Crippen molar-refractivity contribution in [3.63, 3.8) is 0 Å². The maximum Gasteiger partial charge on any atom is 0.235 e. The molecule has 1 N–H and O–H groups in total. The first kappa shape index (κ1) is 11.4. The number of aliphatic imine (C=N–C) groups is 1. The molecule has 4 nitrogen and oxygen atoms in total. The summed E-state index contributed by atoms with van der Waals surface area (Å²) in [5.74, 6) is 0. The van der Waals surface area contributed by atoms with Gasteiger partial charge in [-0.2, -0.15) is 5.06 Å². The summed E-state index contributed by atoms with van der Waals surface area (Å²) in [7, 11) is 0. The zero-order valence-electron chi connectivity index (χ0n) is 9.24. The average Bonchev–Trinajstić information content (AvgIpc) is 1.99. The highest BCUT2D eigenvalue weighted by Crippen LogP contribution is 2.37. The van der Waals surface area contributed by atoms with Crippen LogP contribution in [0.4, 0.5) is 0 Å². The van der Waals surface area contributed by atoms with Crippen LogP contribution in [0.5, 0.6) is 0 Å². The molecule has 0 aromatic carbocycles. The van der Waals surface area contributed by atoms with E-state index in [1.165, 1.54) is 5.06 Å². The Bertz CT molecular complexity index is 249. The minimum absolute atomic E-state index is 0.0269. The molecule has 4 heteroatoms. The summed E-state index contributed by atoms with van der Waals surface area (Å²) in [5, 5.41) is 11.3. The van der Waals surface area contributed by atoms with Crippen molar-refractivity contribution in [2.45, 2.75) is 57.7 Å². The minimum atomic E-state index is -0.341. The third-order valence-electron chi connectivity index (χ3n) is 2.85. The Balaban J connectivity index is 2.91. The van der Waals surface area contributed by atoms with Crippen molar-refractivity contribution in [1.82, 2.24) is 5.06 Å². The monoisotopic (exact) mass is 198 g/mol. The zero-order valence-corrected chi connectivity index (χ0v) is 9.24. The van der Waals surface area contributed by atoms with Crippen LogP contribution in [0, 0.1) is 0 Å². The number of hydrogen-bond acceptors (Lipinski definition) is 4. The first-order chi connectivity index (χ1) is 6.29. The number of hydroxylamine groups is 2. The van der Waals surface area contributed by atoms with Crippen LogP contribution in [0.3, 0.4) is 0 Å². The maximum atomic E-state index is 10.2. The molecule has 80 valence electrons. The first-order valence-electron chi connectivity index (χ1n) is 4.86. The molecule has 1 heterocycles. The van der Waals surface area contributed by atoms with Crippen LogP contribution in [0.2, 0.25) is 0 Å². The van der Waals surface area contributed by atoms with Gasteiger partial charge in [0.15, 0.2) is 0 Å². The summed E-state index contributed by atoms with van der Waals surface area (Å²) < 4.78 is 0. The summed E-state index contributed by atoms with van der Waals surface area (Å²) in [6.45, 7) is 7.78. The Hall–Kier alpha value is -0.700. The van der Waals surface area contributed by atoms with Gasteiger partial charge in [0.2, 0.25) is 6.08 Å². The van der Waals surface area contributed by atoms with Crippen LogP contribution < -0.4 is 0 Å². The number of isocyanates is 1. The highest BCUT2D eigenvalue weighted by Gasteiger charge is 2.45. The van der Waals surface area contributed by atoms with Crippen molar-refractivity contribution in [1.29, 1.82) is 0 Å². The van der Waals surface area contributed by atoms with Gasteiger partial charge in [0.1, 0.15) is 0 Å². The Kier molecular flexibility index (Phi) is 2.81. The Morgan fingerprint density at radius 3 is 2.07 bits per heavy atom. The molecule has 0 unspecified atom stereocenters. The molecule has 0 aromatic heterocycles. The van der Waals surface area contributed by atoms with Gasteiger partial charge in [-0.15, -0.1) is 0 Å². The molecule has 0 bridgehead atoms. The van der Waals surface area contributed by atoms with E-state index in [2.05, 4.69) is 4.99 Å². The quantitative estimate of drug-likeness (QED) is 0.515. The number of nitrogens with zero attached hydrogens (tertiary/aromatic N) is 2. The summed E-state index contributed by atoms with van der Waals surface area (Å²) in [5.41, 5.74) is -0.681. The molecule has 14 heavy (non-hydrogen) atoms. The Morgan fingerprint density at radius 1 is 1.29 bits per heavy atom. The van der Waals surface area contributed by atoms with Crippen molar-refractivity contribution in [3.8, 4) is 0 Å². The van der Waals surface area contributed by atoms with Crippen molar-refractivity contribution < 1.29 is 10.0 Å². The summed E-state index contributed by atoms with van der Waals surface area (Å²) in [6.07, 6.45) is 2.97. The third-order valence-corrected chi connectivity index (χ3v) is 2.85. The lowest BCUT2D eigenvalue weighted by molar-refractivity contribution is -0.244. The lowest BCUT2D eigenvalue weighted by Crippen LogP contribution is -2.59. The fourth-order valence-electron chi connectivity index (χ4n) is 2.38. The fraction of sp³-hybridized carbons (Fsp3) is 0.900. The van der Waals surface area contributed by atoms with Crippen molar-refractivity contribution in [3.05, 3.63) is 0 Å². The molecule has 0 saturated carbocycles. The number of piperidine rings is 1. The van der Waals surface area contributed by atoms with Crippen LogP contribution in [0.15, 0.2) is 4.99 Å². The molecule has 0 spiro atoms. The van der Waals surface area contributed by atoms with Crippen LogP contribution in [0.25, 0.3) is 0 Å². The second-order valence-electron chi connectivity index (χ2n) is 5.22. The van der Waals surface area contributed by atoms with Gasteiger partial charge < -0.3 is 5.21 Å². The van der Waals surface area contributed by atoms with E-state index in [4.69, 9.17) is 0 Å². The molecule has 0 atom stereocenters. The normalized spacial score (nSPS) is 26.9.